The number of carboxylic acids is 1. The van der Waals surface area contributed by atoms with E-state index in [0.29, 0.717) is 17.8 Å². The van der Waals surface area contributed by atoms with Gasteiger partial charge in [-0.2, -0.15) is 0 Å². The van der Waals surface area contributed by atoms with E-state index >= 15 is 0 Å². The van der Waals surface area contributed by atoms with E-state index in [4.69, 9.17) is 10.2 Å². The number of carboxylic acid groups (broad SMARTS) is 1. The Labute approximate surface area is 161 Å². The Bertz CT molecular complexity index is 768. The summed E-state index contributed by atoms with van der Waals surface area (Å²) in [5, 5.41) is 25.6. The molecule has 10 nitrogen and oxygen atoms in total. The smallest absolute Gasteiger partial charge is 0.328 e. The van der Waals surface area contributed by atoms with Gasteiger partial charge >= 0.3 is 12.0 Å². The molecule has 2 rings (SSSR count). The molecule has 0 aliphatic carbocycles. The summed E-state index contributed by atoms with van der Waals surface area (Å²) in [4.78, 5) is 49.5. The third-order valence-electron chi connectivity index (χ3n) is 4.59. The van der Waals surface area contributed by atoms with Gasteiger partial charge in [-0.3, -0.25) is 14.5 Å². The van der Waals surface area contributed by atoms with Crippen LogP contribution in [0.5, 0.6) is 0 Å². The first-order chi connectivity index (χ1) is 13.3. The van der Waals surface area contributed by atoms with E-state index in [-0.39, 0.29) is 18.4 Å². The first-order valence-electron chi connectivity index (χ1n) is 8.89. The molecule has 1 heterocycles. The lowest BCUT2D eigenvalue weighted by Crippen LogP contribution is -2.58. The Kier molecular flexibility index (Phi) is 6.94. The molecule has 28 heavy (non-hydrogen) atoms. The molecular weight excluding hydrogens is 368 g/mol. The van der Waals surface area contributed by atoms with Crippen LogP contribution in [0.4, 0.5) is 16.2 Å². The van der Waals surface area contributed by atoms with Crippen LogP contribution in [0.2, 0.25) is 0 Å². The highest BCUT2D eigenvalue weighted by Gasteiger charge is 2.33. The van der Waals surface area contributed by atoms with Crippen molar-refractivity contribution >= 4 is 35.2 Å². The fourth-order valence-electron chi connectivity index (χ4n) is 2.77. The van der Waals surface area contributed by atoms with Crippen molar-refractivity contribution < 1.29 is 29.4 Å². The van der Waals surface area contributed by atoms with Crippen LogP contribution in [0.25, 0.3) is 0 Å². The highest BCUT2D eigenvalue weighted by atomic mass is 16.4. The van der Waals surface area contributed by atoms with Crippen molar-refractivity contribution in [2.45, 2.75) is 32.4 Å². The van der Waals surface area contributed by atoms with Crippen molar-refractivity contribution in [2.24, 2.45) is 5.92 Å². The third kappa shape index (κ3) is 4.77. The number of carbonyl (C=O) groups excluding carboxylic acids is 3. The number of aliphatic hydroxyl groups is 1. The minimum atomic E-state index is -1.47. The summed E-state index contributed by atoms with van der Waals surface area (Å²) >= 11 is 0. The van der Waals surface area contributed by atoms with E-state index in [0.717, 1.165) is 0 Å². The fraction of sp³-hybridized carbons (Fsp3) is 0.444. The van der Waals surface area contributed by atoms with Crippen LogP contribution in [-0.2, 0) is 14.4 Å². The van der Waals surface area contributed by atoms with Crippen LogP contribution in [0, 0.1) is 5.92 Å². The molecule has 1 aliphatic heterocycles. The lowest BCUT2D eigenvalue weighted by Gasteiger charge is -2.32. The van der Waals surface area contributed by atoms with Gasteiger partial charge in [-0.05, 0) is 18.1 Å². The summed E-state index contributed by atoms with van der Waals surface area (Å²) in [7, 11) is 0. The summed E-state index contributed by atoms with van der Waals surface area (Å²) in [5.41, 5.74) is 0.964. The van der Waals surface area contributed by atoms with Crippen LogP contribution in [0.15, 0.2) is 24.3 Å². The molecule has 0 radical (unpaired) electrons. The molecule has 0 fully saturated rings. The van der Waals surface area contributed by atoms with Gasteiger partial charge in [0.1, 0.15) is 18.6 Å². The van der Waals surface area contributed by atoms with Crippen molar-refractivity contribution in [3.05, 3.63) is 24.3 Å². The van der Waals surface area contributed by atoms with E-state index in [1.165, 1.54) is 4.90 Å². The molecule has 1 aromatic carbocycles. The average Bonchev–Trinajstić information content (AvgIpc) is 2.68. The summed E-state index contributed by atoms with van der Waals surface area (Å²) in [6.45, 7) is 2.56. The van der Waals surface area contributed by atoms with E-state index < -0.39 is 36.6 Å². The van der Waals surface area contributed by atoms with Crippen LogP contribution < -0.4 is 20.9 Å². The molecular formula is C18H24N4O6. The first kappa shape index (κ1) is 21.2. The van der Waals surface area contributed by atoms with Gasteiger partial charge in [0.05, 0.1) is 18.0 Å². The molecule has 4 amide bonds. The predicted molar refractivity (Wildman–Crippen MR) is 101 cm³/mol. The fourth-order valence-corrected chi connectivity index (χ4v) is 2.77. The van der Waals surface area contributed by atoms with Gasteiger partial charge in [-0.25, -0.2) is 9.59 Å². The Balaban J connectivity index is 2.20. The molecule has 1 aromatic rings. The second-order valence-corrected chi connectivity index (χ2v) is 6.55. The third-order valence-corrected chi connectivity index (χ3v) is 4.59. The molecule has 1 aliphatic rings. The molecule has 0 saturated heterocycles. The molecule has 5 N–H and O–H groups in total. The quantitative estimate of drug-likeness (QED) is 0.445. The highest BCUT2D eigenvalue weighted by Crippen LogP contribution is 2.29. The van der Waals surface area contributed by atoms with Gasteiger partial charge in [0.15, 0.2) is 0 Å². The average molecular weight is 392 g/mol. The van der Waals surface area contributed by atoms with E-state index in [1.807, 2.05) is 6.92 Å². The van der Waals surface area contributed by atoms with Crippen LogP contribution in [0.1, 0.15) is 20.3 Å². The topological polar surface area (TPSA) is 148 Å². The molecule has 152 valence electrons. The SMILES string of the molecule is CCC(C)C(NC(=O)N1CC(=O)Nc2ccccc21)C(=O)NC(CO)C(=O)O. The zero-order chi connectivity index (χ0) is 20.8. The zero-order valence-corrected chi connectivity index (χ0v) is 15.6. The number of nitrogens with zero attached hydrogens (tertiary/aromatic N) is 1. The molecule has 0 saturated carbocycles. The normalized spacial score (nSPS) is 16.2. The molecule has 3 unspecified atom stereocenters. The number of rotatable bonds is 7. The number of urea groups is 1. The second kappa shape index (κ2) is 9.18. The minimum absolute atomic E-state index is 0.216. The molecule has 0 bridgehead atoms. The maximum Gasteiger partial charge on any atom is 0.328 e. The lowest BCUT2D eigenvalue weighted by atomic mass is 9.98. The number of para-hydroxylation sites is 2. The lowest BCUT2D eigenvalue weighted by molar-refractivity contribution is -0.143. The number of hydrogen-bond donors (Lipinski definition) is 5. The van der Waals surface area contributed by atoms with Crippen molar-refractivity contribution in [2.75, 3.05) is 23.4 Å². The summed E-state index contributed by atoms with van der Waals surface area (Å²) in [6.07, 6.45) is 0.534. The number of benzene rings is 1. The van der Waals surface area contributed by atoms with Gasteiger partial charge in [0, 0.05) is 0 Å². The van der Waals surface area contributed by atoms with Crippen molar-refractivity contribution in [1.29, 1.82) is 0 Å². The van der Waals surface area contributed by atoms with Gasteiger partial charge in [-0.1, -0.05) is 32.4 Å². The van der Waals surface area contributed by atoms with E-state index in [1.54, 1.807) is 31.2 Å². The van der Waals surface area contributed by atoms with Crippen LogP contribution >= 0.6 is 0 Å². The monoisotopic (exact) mass is 392 g/mol. The van der Waals surface area contributed by atoms with E-state index in [9.17, 15) is 19.2 Å². The summed E-state index contributed by atoms with van der Waals surface area (Å²) in [5.74, 6) is -2.79. The Hall–Kier alpha value is -3.14. The summed E-state index contributed by atoms with van der Waals surface area (Å²) in [6, 6.07) is 3.59. The minimum Gasteiger partial charge on any atom is -0.480 e. The maximum absolute atomic E-state index is 12.8. The predicted octanol–water partition coefficient (Wildman–Crippen LogP) is 0.131. The van der Waals surface area contributed by atoms with Gasteiger partial charge in [0.25, 0.3) is 0 Å². The first-order valence-corrected chi connectivity index (χ1v) is 8.89. The number of carbonyl (C=O) groups is 4. The maximum atomic E-state index is 12.8. The molecule has 3 atom stereocenters. The van der Waals surface area contributed by atoms with Crippen molar-refractivity contribution in [3.63, 3.8) is 0 Å². The number of aliphatic hydroxyl groups excluding tert-OH is 1. The van der Waals surface area contributed by atoms with Gasteiger partial charge < -0.3 is 26.2 Å². The number of hydrogen-bond acceptors (Lipinski definition) is 5. The number of amides is 4. The number of anilines is 2. The van der Waals surface area contributed by atoms with Gasteiger partial charge in [-0.15, -0.1) is 0 Å². The Morgan fingerprint density at radius 2 is 1.93 bits per heavy atom. The Morgan fingerprint density at radius 3 is 2.54 bits per heavy atom. The Morgan fingerprint density at radius 1 is 1.25 bits per heavy atom. The zero-order valence-electron chi connectivity index (χ0n) is 15.6. The summed E-state index contributed by atoms with van der Waals surface area (Å²) < 4.78 is 0. The molecule has 10 heteroatoms. The van der Waals surface area contributed by atoms with Crippen LogP contribution in [-0.4, -0.2) is 59.3 Å². The largest absolute Gasteiger partial charge is 0.480 e. The standard InChI is InChI=1S/C18H24N4O6/c1-3-10(2)15(16(25)20-12(9-23)17(26)27)21-18(28)22-8-14(24)19-11-6-4-5-7-13(11)22/h4-7,10,12,15,23H,3,8-9H2,1-2H3,(H,19,24)(H,20,25)(H,21,28)(H,26,27). The van der Waals surface area contributed by atoms with Gasteiger partial charge in [0.2, 0.25) is 11.8 Å². The molecule has 0 spiro atoms. The van der Waals surface area contributed by atoms with E-state index in [2.05, 4.69) is 16.0 Å². The second-order valence-electron chi connectivity index (χ2n) is 6.55. The number of nitrogens with one attached hydrogen (secondary N) is 3. The van der Waals surface area contributed by atoms with Crippen LogP contribution in [0.3, 0.4) is 0 Å². The van der Waals surface area contributed by atoms with Crippen molar-refractivity contribution in [3.8, 4) is 0 Å². The number of aliphatic carboxylic acids is 1. The van der Waals surface area contributed by atoms with Crippen molar-refractivity contribution in [1.82, 2.24) is 10.6 Å². The number of fused-ring (bicyclic) bond motifs is 1. The highest BCUT2D eigenvalue weighted by molar-refractivity contribution is 6.10. The molecule has 0 aromatic heterocycles.